The Balaban J connectivity index is 1.88. The van der Waals surface area contributed by atoms with Crippen LogP contribution in [0.25, 0.3) is 5.78 Å². The highest BCUT2D eigenvalue weighted by Gasteiger charge is 2.37. The summed E-state index contributed by atoms with van der Waals surface area (Å²) in [7, 11) is 3.98. The quantitative estimate of drug-likeness (QED) is 0.856. The highest BCUT2D eigenvalue weighted by Crippen LogP contribution is 2.28. The lowest BCUT2D eigenvalue weighted by Crippen LogP contribution is -2.36. The molecule has 24 heavy (non-hydrogen) atoms. The topological polar surface area (TPSA) is 49.6 Å². The first-order chi connectivity index (χ1) is 11.2. The molecule has 1 fully saturated rings. The van der Waals surface area contributed by atoms with Crippen molar-refractivity contribution in [2.45, 2.75) is 25.9 Å². The van der Waals surface area contributed by atoms with E-state index in [0.29, 0.717) is 17.4 Å². The second kappa shape index (κ2) is 6.19. The fourth-order valence-corrected chi connectivity index (χ4v) is 3.09. The molecule has 0 radical (unpaired) electrons. The maximum atomic E-state index is 12.9. The molecular weight excluding hydrogens is 321 g/mol. The van der Waals surface area contributed by atoms with E-state index in [1.165, 1.54) is 4.52 Å². The lowest BCUT2D eigenvalue weighted by Gasteiger charge is -2.32. The molecule has 0 N–H and O–H groups in total. The summed E-state index contributed by atoms with van der Waals surface area (Å²) in [5.41, 5.74) is 0.619. The van der Waals surface area contributed by atoms with Crippen molar-refractivity contribution < 1.29 is 13.2 Å². The van der Waals surface area contributed by atoms with Crippen molar-refractivity contribution in [3.63, 3.8) is 0 Å². The Morgan fingerprint density at radius 1 is 1.25 bits per heavy atom. The zero-order chi connectivity index (χ0) is 17.5. The largest absolute Gasteiger partial charge is 0.453 e. The van der Waals surface area contributed by atoms with E-state index in [2.05, 4.69) is 27.0 Å². The Bertz CT molecular complexity index is 718. The number of aryl methyl sites for hydroxylation is 1. The number of anilines is 1. The fourth-order valence-electron chi connectivity index (χ4n) is 3.09. The molecular formula is C15H21F3N6. The summed E-state index contributed by atoms with van der Waals surface area (Å²) < 4.78 is 39.8. The van der Waals surface area contributed by atoms with Crippen molar-refractivity contribution in [3.8, 4) is 0 Å². The summed E-state index contributed by atoms with van der Waals surface area (Å²) in [6.45, 7) is 4.61. The van der Waals surface area contributed by atoms with Crippen molar-refractivity contribution in [2.24, 2.45) is 5.92 Å². The van der Waals surface area contributed by atoms with Gasteiger partial charge in [-0.2, -0.15) is 22.7 Å². The van der Waals surface area contributed by atoms with Crippen LogP contribution in [0.2, 0.25) is 0 Å². The summed E-state index contributed by atoms with van der Waals surface area (Å²) >= 11 is 0. The van der Waals surface area contributed by atoms with Crippen LogP contribution in [0.4, 0.5) is 19.0 Å². The van der Waals surface area contributed by atoms with Crippen molar-refractivity contribution in [2.75, 3.05) is 38.6 Å². The van der Waals surface area contributed by atoms with Crippen LogP contribution in [0.5, 0.6) is 0 Å². The van der Waals surface area contributed by atoms with Crippen molar-refractivity contribution in [3.05, 3.63) is 17.6 Å². The van der Waals surface area contributed by atoms with Gasteiger partial charge < -0.3 is 9.80 Å². The standard InChI is InChI=1S/C15H21F3N6/c1-10-8-12(23(3)9-11-4-6-22(2)7-5-11)24-14(19-10)20-13(21-24)15(16,17)18/h8,11H,4-7,9H2,1-3H3. The SMILES string of the molecule is Cc1cc(N(C)CC2CCN(C)CC2)n2nc(C(F)(F)F)nc2n1. The number of nitrogens with zero attached hydrogens (tertiary/aromatic N) is 6. The number of likely N-dealkylation sites (tertiary alicyclic amines) is 1. The van der Waals surface area contributed by atoms with Gasteiger partial charge in [-0.05, 0) is 45.8 Å². The molecule has 2 aromatic heterocycles. The molecule has 9 heteroatoms. The van der Waals surface area contributed by atoms with Gasteiger partial charge in [-0.15, -0.1) is 5.10 Å². The monoisotopic (exact) mass is 342 g/mol. The van der Waals surface area contributed by atoms with Gasteiger partial charge in [0, 0.05) is 25.4 Å². The lowest BCUT2D eigenvalue weighted by molar-refractivity contribution is -0.144. The van der Waals surface area contributed by atoms with Crippen LogP contribution in [-0.2, 0) is 6.18 Å². The van der Waals surface area contributed by atoms with E-state index in [1.807, 2.05) is 11.9 Å². The van der Waals surface area contributed by atoms with Crippen LogP contribution in [0.3, 0.4) is 0 Å². The Hall–Kier alpha value is -1.90. The Morgan fingerprint density at radius 2 is 1.92 bits per heavy atom. The molecule has 132 valence electrons. The predicted octanol–water partition coefficient (Wildman–Crippen LogP) is 2.23. The first-order valence-corrected chi connectivity index (χ1v) is 7.95. The van der Waals surface area contributed by atoms with Gasteiger partial charge >= 0.3 is 6.18 Å². The third kappa shape index (κ3) is 3.45. The van der Waals surface area contributed by atoms with Crippen LogP contribution < -0.4 is 4.90 Å². The van der Waals surface area contributed by atoms with Gasteiger partial charge in [0.25, 0.3) is 11.6 Å². The maximum absolute atomic E-state index is 12.9. The summed E-state index contributed by atoms with van der Waals surface area (Å²) in [6.07, 6.45) is -2.41. The Labute approximate surface area is 138 Å². The smallest absolute Gasteiger partial charge is 0.359 e. The highest BCUT2D eigenvalue weighted by molar-refractivity contribution is 5.47. The van der Waals surface area contributed by atoms with Gasteiger partial charge in [-0.25, -0.2) is 4.98 Å². The Morgan fingerprint density at radius 3 is 2.54 bits per heavy atom. The first-order valence-electron chi connectivity index (χ1n) is 7.95. The van der Waals surface area contributed by atoms with Crippen LogP contribution in [-0.4, -0.2) is 58.2 Å². The zero-order valence-corrected chi connectivity index (χ0v) is 14.0. The number of fused-ring (bicyclic) bond motifs is 1. The first kappa shape index (κ1) is 16.9. The van der Waals surface area contributed by atoms with Gasteiger partial charge in [-0.3, -0.25) is 0 Å². The maximum Gasteiger partial charge on any atom is 0.453 e. The zero-order valence-electron chi connectivity index (χ0n) is 14.0. The molecule has 0 saturated carbocycles. The third-order valence-electron chi connectivity index (χ3n) is 4.44. The van der Waals surface area contributed by atoms with Crippen molar-refractivity contribution in [1.82, 2.24) is 24.5 Å². The van der Waals surface area contributed by atoms with E-state index in [-0.39, 0.29) is 5.78 Å². The summed E-state index contributed by atoms with van der Waals surface area (Å²) in [6, 6.07) is 1.75. The van der Waals surface area contributed by atoms with E-state index in [4.69, 9.17) is 0 Å². The number of halogens is 3. The number of alkyl halides is 3. The molecule has 0 spiro atoms. The number of hydrogen-bond donors (Lipinski definition) is 0. The van der Waals surface area contributed by atoms with Crippen LogP contribution in [0, 0.1) is 12.8 Å². The molecule has 1 aliphatic rings. The molecule has 0 amide bonds. The summed E-state index contributed by atoms with van der Waals surface area (Å²) in [5, 5.41) is 3.62. The Kier molecular flexibility index (Phi) is 4.37. The van der Waals surface area contributed by atoms with Gasteiger partial charge in [0.15, 0.2) is 0 Å². The highest BCUT2D eigenvalue weighted by atomic mass is 19.4. The molecule has 6 nitrogen and oxygen atoms in total. The molecule has 0 atom stereocenters. The minimum absolute atomic E-state index is 0.0208. The van der Waals surface area contributed by atoms with E-state index in [1.54, 1.807) is 13.0 Å². The van der Waals surface area contributed by atoms with Crippen LogP contribution in [0.15, 0.2) is 6.07 Å². The van der Waals surface area contributed by atoms with E-state index in [0.717, 1.165) is 32.5 Å². The summed E-state index contributed by atoms with van der Waals surface area (Å²) in [4.78, 5) is 11.8. The van der Waals surface area contributed by atoms with E-state index in [9.17, 15) is 13.2 Å². The van der Waals surface area contributed by atoms with Crippen molar-refractivity contribution >= 4 is 11.6 Å². The number of aromatic nitrogens is 4. The molecule has 0 aromatic carbocycles. The number of hydrogen-bond acceptors (Lipinski definition) is 5. The minimum atomic E-state index is -4.58. The van der Waals surface area contributed by atoms with Crippen molar-refractivity contribution in [1.29, 1.82) is 0 Å². The normalized spacial score (nSPS) is 17.6. The average Bonchev–Trinajstić information content (AvgIpc) is 2.92. The molecule has 0 aliphatic carbocycles. The third-order valence-corrected chi connectivity index (χ3v) is 4.44. The van der Waals surface area contributed by atoms with E-state index >= 15 is 0 Å². The van der Waals surface area contributed by atoms with Crippen LogP contribution >= 0.6 is 0 Å². The molecule has 0 unspecified atom stereocenters. The van der Waals surface area contributed by atoms with Gasteiger partial charge in [0.2, 0.25) is 0 Å². The minimum Gasteiger partial charge on any atom is -0.359 e. The van der Waals surface area contributed by atoms with Gasteiger partial charge in [-0.1, -0.05) is 0 Å². The number of rotatable bonds is 3. The second-order valence-corrected chi connectivity index (χ2v) is 6.53. The number of piperidine rings is 1. The second-order valence-electron chi connectivity index (χ2n) is 6.53. The average molecular weight is 342 g/mol. The molecule has 3 heterocycles. The molecule has 1 saturated heterocycles. The van der Waals surface area contributed by atoms with E-state index < -0.39 is 12.0 Å². The fraction of sp³-hybridized carbons (Fsp3) is 0.667. The van der Waals surface area contributed by atoms with Crippen LogP contribution in [0.1, 0.15) is 24.4 Å². The lowest BCUT2D eigenvalue weighted by atomic mass is 9.97. The molecule has 2 aromatic rings. The molecule has 3 rings (SSSR count). The molecule has 1 aliphatic heterocycles. The summed E-state index contributed by atoms with van der Waals surface area (Å²) in [5.74, 6) is -0.0816. The predicted molar refractivity (Wildman–Crippen MR) is 84.0 cm³/mol. The van der Waals surface area contributed by atoms with Gasteiger partial charge in [0.1, 0.15) is 5.82 Å². The van der Waals surface area contributed by atoms with Gasteiger partial charge in [0.05, 0.1) is 0 Å². The molecule has 0 bridgehead atoms.